The van der Waals surface area contributed by atoms with Gasteiger partial charge < -0.3 is 5.11 Å². The number of aliphatic hydroxyl groups excluding tert-OH is 1. The molecule has 0 aliphatic carbocycles. The highest BCUT2D eigenvalue weighted by atomic mass is 32.2. The summed E-state index contributed by atoms with van der Waals surface area (Å²) in [7, 11) is -3.67. The smallest absolute Gasteiger partial charge is 0.258 e. The third-order valence-electron chi connectivity index (χ3n) is 3.94. The Morgan fingerprint density at radius 3 is 2.35 bits per heavy atom. The normalized spacial score (nSPS) is 13.7. The fourth-order valence-corrected chi connectivity index (χ4v) is 3.41. The molecular formula is C17H22N2O3S. The van der Waals surface area contributed by atoms with Gasteiger partial charge in [0.2, 0.25) is 0 Å². The zero-order valence-corrected chi connectivity index (χ0v) is 14.1. The van der Waals surface area contributed by atoms with Crippen LogP contribution in [0.15, 0.2) is 59.8 Å². The van der Waals surface area contributed by atoms with Gasteiger partial charge >= 0.3 is 0 Å². The van der Waals surface area contributed by atoms with Crippen molar-refractivity contribution >= 4 is 10.0 Å². The standard InChI is InChI=1S/C17H22N2O3S/c1-17(2,13-20)15(14-8-4-3-5-9-14)12-19-23(21,22)16-10-6-7-11-18-16/h3-11,15,19-20H,12-13H2,1-2H3. The molecule has 1 unspecified atom stereocenters. The number of hydrogen-bond acceptors (Lipinski definition) is 4. The summed E-state index contributed by atoms with van der Waals surface area (Å²) in [5.41, 5.74) is 0.517. The minimum atomic E-state index is -3.67. The molecule has 1 heterocycles. The van der Waals surface area contributed by atoms with Crippen LogP contribution in [0.3, 0.4) is 0 Å². The molecule has 1 aromatic carbocycles. The van der Waals surface area contributed by atoms with E-state index in [0.717, 1.165) is 5.56 Å². The molecule has 2 N–H and O–H groups in total. The number of hydrogen-bond donors (Lipinski definition) is 2. The van der Waals surface area contributed by atoms with Gasteiger partial charge in [-0.15, -0.1) is 0 Å². The van der Waals surface area contributed by atoms with Crippen molar-refractivity contribution in [3.8, 4) is 0 Å². The van der Waals surface area contributed by atoms with E-state index >= 15 is 0 Å². The summed E-state index contributed by atoms with van der Waals surface area (Å²) in [6, 6.07) is 14.4. The number of pyridine rings is 1. The number of benzene rings is 1. The van der Waals surface area contributed by atoms with Gasteiger partial charge in [0.05, 0.1) is 0 Å². The van der Waals surface area contributed by atoms with E-state index in [1.165, 1.54) is 12.3 Å². The van der Waals surface area contributed by atoms with E-state index in [0.29, 0.717) is 0 Å². The van der Waals surface area contributed by atoms with Gasteiger partial charge in [-0.05, 0) is 23.1 Å². The van der Waals surface area contributed by atoms with E-state index in [2.05, 4.69) is 9.71 Å². The molecule has 0 saturated carbocycles. The molecule has 0 aliphatic heterocycles. The fraction of sp³-hybridized carbons (Fsp3) is 0.353. The van der Waals surface area contributed by atoms with Crippen molar-refractivity contribution in [2.24, 2.45) is 5.41 Å². The highest BCUT2D eigenvalue weighted by Gasteiger charge is 2.31. The van der Waals surface area contributed by atoms with Crippen molar-refractivity contribution in [1.82, 2.24) is 9.71 Å². The fourth-order valence-electron chi connectivity index (χ4n) is 2.41. The van der Waals surface area contributed by atoms with Gasteiger partial charge in [0, 0.05) is 25.3 Å². The molecule has 1 aromatic heterocycles. The first-order valence-electron chi connectivity index (χ1n) is 7.43. The lowest BCUT2D eigenvalue weighted by Crippen LogP contribution is -2.37. The average Bonchev–Trinajstić information content (AvgIpc) is 2.56. The zero-order valence-electron chi connectivity index (χ0n) is 13.3. The summed E-state index contributed by atoms with van der Waals surface area (Å²) >= 11 is 0. The summed E-state index contributed by atoms with van der Waals surface area (Å²) in [5.74, 6) is -0.160. The maximum Gasteiger partial charge on any atom is 0.258 e. The maximum absolute atomic E-state index is 12.3. The molecule has 2 rings (SSSR count). The van der Waals surface area contributed by atoms with Crippen molar-refractivity contribution in [1.29, 1.82) is 0 Å². The van der Waals surface area contributed by atoms with Gasteiger partial charge in [0.1, 0.15) is 0 Å². The quantitative estimate of drug-likeness (QED) is 0.813. The Labute approximate surface area is 137 Å². The van der Waals surface area contributed by atoms with Gasteiger partial charge in [-0.25, -0.2) is 18.1 Å². The predicted molar refractivity (Wildman–Crippen MR) is 89.5 cm³/mol. The van der Waals surface area contributed by atoms with Crippen LogP contribution in [-0.2, 0) is 10.0 Å². The lowest BCUT2D eigenvalue weighted by atomic mass is 9.75. The molecule has 0 bridgehead atoms. The summed E-state index contributed by atoms with van der Waals surface area (Å²) in [5, 5.41) is 9.68. The van der Waals surface area contributed by atoms with Crippen LogP contribution in [0.1, 0.15) is 25.3 Å². The van der Waals surface area contributed by atoms with Crippen molar-refractivity contribution < 1.29 is 13.5 Å². The Balaban J connectivity index is 2.23. The zero-order chi connectivity index (χ0) is 16.9. The van der Waals surface area contributed by atoms with Crippen molar-refractivity contribution in [3.63, 3.8) is 0 Å². The topological polar surface area (TPSA) is 79.3 Å². The Hall–Kier alpha value is -1.76. The second kappa shape index (κ2) is 7.21. The first kappa shape index (κ1) is 17.6. The molecule has 0 fully saturated rings. The Morgan fingerprint density at radius 1 is 1.13 bits per heavy atom. The molecule has 23 heavy (non-hydrogen) atoms. The van der Waals surface area contributed by atoms with Gasteiger partial charge in [0.25, 0.3) is 10.0 Å². The maximum atomic E-state index is 12.3. The van der Waals surface area contributed by atoms with Crippen LogP contribution in [-0.4, -0.2) is 31.7 Å². The molecule has 0 saturated heterocycles. The van der Waals surface area contributed by atoms with Crippen molar-refractivity contribution in [2.75, 3.05) is 13.2 Å². The minimum absolute atomic E-state index is 0.00591. The molecule has 124 valence electrons. The number of sulfonamides is 1. The predicted octanol–water partition coefficient (Wildman–Crippen LogP) is 2.16. The van der Waals surface area contributed by atoms with Crippen LogP contribution in [0.5, 0.6) is 0 Å². The molecule has 1 atom stereocenters. The molecule has 0 spiro atoms. The first-order chi connectivity index (χ1) is 10.9. The van der Waals surface area contributed by atoms with E-state index < -0.39 is 15.4 Å². The number of nitrogens with zero attached hydrogens (tertiary/aromatic N) is 1. The summed E-state index contributed by atoms with van der Waals surface area (Å²) in [6.45, 7) is 3.98. The van der Waals surface area contributed by atoms with Gasteiger partial charge in [-0.3, -0.25) is 0 Å². The van der Waals surface area contributed by atoms with Crippen LogP contribution in [0.4, 0.5) is 0 Å². The highest BCUT2D eigenvalue weighted by Crippen LogP contribution is 2.34. The van der Waals surface area contributed by atoms with E-state index in [4.69, 9.17) is 0 Å². The van der Waals surface area contributed by atoms with Crippen LogP contribution < -0.4 is 4.72 Å². The Morgan fingerprint density at radius 2 is 1.78 bits per heavy atom. The largest absolute Gasteiger partial charge is 0.396 e. The van der Waals surface area contributed by atoms with Gasteiger partial charge in [-0.2, -0.15) is 0 Å². The summed E-state index contributed by atoms with van der Waals surface area (Å²) in [4.78, 5) is 3.88. The summed E-state index contributed by atoms with van der Waals surface area (Å²) in [6.07, 6.45) is 1.45. The molecule has 6 heteroatoms. The molecule has 0 radical (unpaired) electrons. The first-order valence-corrected chi connectivity index (χ1v) is 8.91. The van der Waals surface area contributed by atoms with E-state index in [-0.39, 0.29) is 24.1 Å². The lowest BCUT2D eigenvalue weighted by Gasteiger charge is -2.33. The Bertz CT molecular complexity index is 716. The second-order valence-electron chi connectivity index (χ2n) is 6.13. The number of nitrogens with one attached hydrogen (secondary N) is 1. The minimum Gasteiger partial charge on any atom is -0.396 e. The highest BCUT2D eigenvalue weighted by molar-refractivity contribution is 7.89. The van der Waals surface area contributed by atoms with Crippen molar-refractivity contribution in [3.05, 3.63) is 60.3 Å². The van der Waals surface area contributed by atoms with Crippen molar-refractivity contribution in [2.45, 2.75) is 24.8 Å². The molecule has 0 aliphatic rings. The van der Waals surface area contributed by atoms with E-state index in [1.807, 2.05) is 44.2 Å². The number of aromatic nitrogens is 1. The van der Waals surface area contributed by atoms with Crippen LogP contribution in [0.2, 0.25) is 0 Å². The molecule has 0 amide bonds. The third kappa shape index (κ3) is 4.37. The molecule has 5 nitrogen and oxygen atoms in total. The number of aliphatic hydroxyl groups is 1. The SMILES string of the molecule is CC(C)(CO)C(CNS(=O)(=O)c1ccccn1)c1ccccc1. The van der Waals surface area contributed by atoms with Crippen LogP contribution in [0.25, 0.3) is 0 Å². The van der Waals surface area contributed by atoms with Crippen LogP contribution in [0, 0.1) is 5.41 Å². The second-order valence-corrected chi connectivity index (χ2v) is 7.84. The summed E-state index contributed by atoms with van der Waals surface area (Å²) < 4.78 is 27.3. The van der Waals surface area contributed by atoms with E-state index in [9.17, 15) is 13.5 Å². The van der Waals surface area contributed by atoms with Crippen LogP contribution >= 0.6 is 0 Å². The lowest BCUT2D eigenvalue weighted by molar-refractivity contribution is 0.131. The van der Waals surface area contributed by atoms with Gasteiger partial charge in [0.15, 0.2) is 5.03 Å². The van der Waals surface area contributed by atoms with Gasteiger partial charge in [-0.1, -0.05) is 50.2 Å². The Kier molecular flexibility index (Phi) is 5.51. The van der Waals surface area contributed by atoms with E-state index in [1.54, 1.807) is 12.1 Å². The molecule has 2 aromatic rings. The molecular weight excluding hydrogens is 312 g/mol. The number of rotatable bonds is 7. The average molecular weight is 334 g/mol. The monoisotopic (exact) mass is 334 g/mol. The third-order valence-corrected chi connectivity index (χ3v) is 5.28.